The molecule has 0 saturated carbocycles. The summed E-state index contributed by atoms with van der Waals surface area (Å²) in [6.45, 7) is 5.00. The van der Waals surface area contributed by atoms with Crippen molar-refractivity contribution in [2.75, 3.05) is 13.1 Å². The molecule has 68 valence electrons. The van der Waals surface area contributed by atoms with Crippen molar-refractivity contribution in [3.05, 3.63) is 24.3 Å². The summed E-state index contributed by atoms with van der Waals surface area (Å²) in [6, 6.07) is -0.133. The van der Waals surface area contributed by atoms with Gasteiger partial charge in [-0.05, 0) is 13.8 Å². The van der Waals surface area contributed by atoms with E-state index in [2.05, 4.69) is 10.6 Å². The molecule has 0 aliphatic carbocycles. The Morgan fingerprint density at radius 3 is 1.83 bits per heavy atom. The van der Waals surface area contributed by atoms with E-state index < -0.39 is 0 Å². The number of amides is 2. The summed E-state index contributed by atoms with van der Waals surface area (Å²) in [5.41, 5.74) is 0. The van der Waals surface area contributed by atoms with E-state index in [0.717, 1.165) is 0 Å². The summed E-state index contributed by atoms with van der Waals surface area (Å²) in [5, 5.41) is 5.34. The molecule has 0 aliphatic rings. The Hall–Kier alpha value is -1.25. The Bertz CT molecular complexity index is 155. The van der Waals surface area contributed by atoms with E-state index in [9.17, 15) is 4.79 Å². The van der Waals surface area contributed by atoms with Gasteiger partial charge in [0.2, 0.25) is 0 Å². The van der Waals surface area contributed by atoms with Crippen molar-refractivity contribution in [2.45, 2.75) is 13.8 Å². The molecule has 0 aromatic rings. The lowest BCUT2D eigenvalue weighted by Crippen LogP contribution is -2.35. The minimum absolute atomic E-state index is 0.133. The van der Waals surface area contributed by atoms with Gasteiger partial charge in [0.1, 0.15) is 0 Å². The van der Waals surface area contributed by atoms with Crippen LogP contribution in [0.4, 0.5) is 4.79 Å². The average molecular weight is 168 g/mol. The van der Waals surface area contributed by atoms with Gasteiger partial charge in [0.15, 0.2) is 0 Å². The minimum atomic E-state index is -0.133. The molecule has 2 N–H and O–H groups in total. The zero-order chi connectivity index (χ0) is 9.23. The van der Waals surface area contributed by atoms with Gasteiger partial charge in [-0.1, -0.05) is 24.3 Å². The monoisotopic (exact) mass is 168 g/mol. The zero-order valence-electron chi connectivity index (χ0n) is 7.63. The molecule has 0 atom stereocenters. The van der Waals surface area contributed by atoms with Gasteiger partial charge in [-0.3, -0.25) is 0 Å². The van der Waals surface area contributed by atoms with Crippen molar-refractivity contribution in [2.24, 2.45) is 0 Å². The van der Waals surface area contributed by atoms with Crippen molar-refractivity contribution in [3.63, 3.8) is 0 Å². The van der Waals surface area contributed by atoms with E-state index in [-0.39, 0.29) is 6.03 Å². The van der Waals surface area contributed by atoms with Crippen LogP contribution in [0.25, 0.3) is 0 Å². The van der Waals surface area contributed by atoms with Crippen LogP contribution in [0.15, 0.2) is 24.3 Å². The van der Waals surface area contributed by atoms with E-state index in [0.29, 0.717) is 13.1 Å². The molecular weight excluding hydrogens is 152 g/mol. The number of carbonyl (C=O) groups excluding carboxylic acids is 1. The predicted molar refractivity (Wildman–Crippen MR) is 51.0 cm³/mol. The highest BCUT2D eigenvalue weighted by molar-refractivity contribution is 5.74. The van der Waals surface area contributed by atoms with Crippen LogP contribution in [0.1, 0.15) is 13.8 Å². The van der Waals surface area contributed by atoms with Crippen LogP contribution in [-0.4, -0.2) is 19.1 Å². The predicted octanol–water partition coefficient (Wildman–Crippen LogP) is 1.44. The molecule has 3 heteroatoms. The van der Waals surface area contributed by atoms with Gasteiger partial charge >= 0.3 is 6.03 Å². The van der Waals surface area contributed by atoms with Crippen LogP contribution in [0, 0.1) is 0 Å². The third-order valence-corrected chi connectivity index (χ3v) is 1.23. The van der Waals surface area contributed by atoms with Crippen LogP contribution in [-0.2, 0) is 0 Å². The third-order valence-electron chi connectivity index (χ3n) is 1.23. The number of hydrogen-bond donors (Lipinski definition) is 2. The van der Waals surface area contributed by atoms with Crippen molar-refractivity contribution < 1.29 is 4.79 Å². The second kappa shape index (κ2) is 7.85. The molecule has 0 aliphatic heterocycles. The first-order chi connectivity index (χ1) is 5.81. The van der Waals surface area contributed by atoms with Crippen molar-refractivity contribution in [1.29, 1.82) is 0 Å². The normalized spacial score (nSPS) is 10.8. The quantitative estimate of drug-likeness (QED) is 0.613. The molecular formula is C9H16N2O. The van der Waals surface area contributed by atoms with E-state index in [1.165, 1.54) is 0 Å². The smallest absolute Gasteiger partial charge is 0.315 e. The number of nitrogens with one attached hydrogen (secondary N) is 2. The van der Waals surface area contributed by atoms with Crippen LogP contribution >= 0.6 is 0 Å². The lowest BCUT2D eigenvalue weighted by atomic mass is 10.5. The Balaban J connectivity index is 3.33. The first kappa shape index (κ1) is 10.8. The molecule has 0 aromatic heterocycles. The van der Waals surface area contributed by atoms with E-state index in [4.69, 9.17) is 0 Å². The molecule has 0 rings (SSSR count). The number of rotatable bonds is 4. The van der Waals surface area contributed by atoms with Crippen LogP contribution in [0.5, 0.6) is 0 Å². The summed E-state index contributed by atoms with van der Waals surface area (Å²) in [7, 11) is 0. The highest BCUT2D eigenvalue weighted by Gasteiger charge is 1.92. The third kappa shape index (κ3) is 6.86. The Labute approximate surface area is 73.5 Å². The largest absolute Gasteiger partial charge is 0.335 e. The van der Waals surface area contributed by atoms with Gasteiger partial charge in [0.05, 0.1) is 0 Å². The lowest BCUT2D eigenvalue weighted by Gasteiger charge is -2.01. The molecule has 0 fully saturated rings. The fraction of sp³-hybridized carbons (Fsp3) is 0.444. The van der Waals surface area contributed by atoms with Gasteiger partial charge in [0.25, 0.3) is 0 Å². The molecule has 0 heterocycles. The standard InChI is InChI=1S/C9H16N2O/c1-3-5-7-10-9(12)11-8-6-4-2/h3-6H,7-8H2,1-2H3,(H2,10,11,12). The Morgan fingerprint density at radius 1 is 1.08 bits per heavy atom. The van der Waals surface area contributed by atoms with Crippen LogP contribution < -0.4 is 10.6 Å². The number of urea groups is 1. The molecule has 0 radical (unpaired) electrons. The van der Waals surface area contributed by atoms with Crippen LogP contribution in [0.2, 0.25) is 0 Å². The summed E-state index contributed by atoms with van der Waals surface area (Å²) in [6.07, 6.45) is 7.56. The highest BCUT2D eigenvalue weighted by Crippen LogP contribution is 1.71. The number of allylic oxidation sites excluding steroid dienone is 2. The zero-order valence-corrected chi connectivity index (χ0v) is 7.63. The van der Waals surface area contributed by atoms with Crippen molar-refractivity contribution in [3.8, 4) is 0 Å². The molecule has 0 aromatic carbocycles. The van der Waals surface area contributed by atoms with Gasteiger partial charge in [-0.25, -0.2) is 4.79 Å². The van der Waals surface area contributed by atoms with E-state index in [1.807, 2.05) is 38.2 Å². The second-order valence-electron chi connectivity index (χ2n) is 2.23. The van der Waals surface area contributed by atoms with Gasteiger partial charge < -0.3 is 10.6 Å². The number of carbonyl (C=O) groups is 1. The summed E-state index contributed by atoms with van der Waals surface area (Å²) in [4.78, 5) is 10.9. The van der Waals surface area contributed by atoms with Crippen molar-refractivity contribution >= 4 is 6.03 Å². The SMILES string of the molecule is CC=CCNC(=O)NCC=CC. The minimum Gasteiger partial charge on any atom is -0.335 e. The molecule has 12 heavy (non-hydrogen) atoms. The first-order valence-electron chi connectivity index (χ1n) is 4.05. The molecule has 0 unspecified atom stereocenters. The van der Waals surface area contributed by atoms with E-state index >= 15 is 0 Å². The fourth-order valence-corrected chi connectivity index (χ4v) is 0.601. The molecule has 3 nitrogen and oxygen atoms in total. The van der Waals surface area contributed by atoms with Gasteiger partial charge in [0, 0.05) is 13.1 Å². The second-order valence-corrected chi connectivity index (χ2v) is 2.23. The van der Waals surface area contributed by atoms with Crippen LogP contribution in [0.3, 0.4) is 0 Å². The van der Waals surface area contributed by atoms with E-state index in [1.54, 1.807) is 0 Å². The average Bonchev–Trinajstić information content (AvgIpc) is 2.06. The maximum Gasteiger partial charge on any atom is 0.315 e. The highest BCUT2D eigenvalue weighted by atomic mass is 16.2. The van der Waals surface area contributed by atoms with Crippen molar-refractivity contribution in [1.82, 2.24) is 10.6 Å². The fourth-order valence-electron chi connectivity index (χ4n) is 0.601. The first-order valence-corrected chi connectivity index (χ1v) is 4.05. The summed E-state index contributed by atoms with van der Waals surface area (Å²) >= 11 is 0. The number of hydrogen-bond acceptors (Lipinski definition) is 1. The maximum atomic E-state index is 10.9. The molecule has 0 bridgehead atoms. The Kier molecular flexibility index (Phi) is 7.03. The lowest BCUT2D eigenvalue weighted by molar-refractivity contribution is 0.243. The summed E-state index contributed by atoms with van der Waals surface area (Å²) in [5.74, 6) is 0. The molecule has 0 spiro atoms. The molecule has 0 saturated heterocycles. The molecule has 2 amide bonds. The Morgan fingerprint density at radius 2 is 1.50 bits per heavy atom. The van der Waals surface area contributed by atoms with Gasteiger partial charge in [-0.2, -0.15) is 0 Å². The van der Waals surface area contributed by atoms with Gasteiger partial charge in [-0.15, -0.1) is 0 Å². The summed E-state index contributed by atoms with van der Waals surface area (Å²) < 4.78 is 0. The topological polar surface area (TPSA) is 41.1 Å². The maximum absolute atomic E-state index is 10.9.